The molecule has 10 nitrogen and oxygen atoms in total. The van der Waals surface area contributed by atoms with E-state index in [1.54, 1.807) is 59.5 Å². The molecule has 3 aromatic rings. The van der Waals surface area contributed by atoms with E-state index in [2.05, 4.69) is 20.7 Å². The Morgan fingerprint density at radius 1 is 1.08 bits per heavy atom. The van der Waals surface area contributed by atoms with E-state index in [1.807, 2.05) is 6.07 Å². The van der Waals surface area contributed by atoms with Gasteiger partial charge in [-0.3, -0.25) is 20.2 Å². The Morgan fingerprint density at radius 2 is 1.82 bits per heavy atom. The molecule has 0 radical (unpaired) electrons. The summed E-state index contributed by atoms with van der Waals surface area (Å²) in [6.07, 6.45) is -0.851. The predicted molar refractivity (Wildman–Crippen MR) is 144 cm³/mol. The number of methoxy groups -OCH3 is 1. The number of hydrogen-bond donors (Lipinski definition) is 3. The molecule has 0 aliphatic carbocycles. The summed E-state index contributed by atoms with van der Waals surface area (Å²) in [6.45, 7) is 0.421. The summed E-state index contributed by atoms with van der Waals surface area (Å²) < 4.78 is 10.3. The first kappa shape index (κ1) is 26.1. The third-order valence-electron chi connectivity index (χ3n) is 6.77. The highest BCUT2D eigenvalue weighted by Crippen LogP contribution is 2.44. The highest BCUT2D eigenvalue weighted by Gasteiger charge is 2.49. The Kier molecular flexibility index (Phi) is 7.12. The molecule has 1 fully saturated rings. The lowest BCUT2D eigenvalue weighted by Crippen LogP contribution is -2.46. The summed E-state index contributed by atoms with van der Waals surface area (Å²) in [6, 6.07) is 19.2. The van der Waals surface area contributed by atoms with Gasteiger partial charge in [-0.1, -0.05) is 41.9 Å². The second-order valence-corrected chi connectivity index (χ2v) is 9.66. The molecule has 1 unspecified atom stereocenters. The number of likely N-dealkylation sites (tertiary alicyclic amines) is 1. The van der Waals surface area contributed by atoms with Gasteiger partial charge in [0.25, 0.3) is 5.91 Å². The summed E-state index contributed by atoms with van der Waals surface area (Å²) in [5, 5.41) is 8.53. The monoisotopic (exact) mass is 548 g/mol. The fraction of sp³-hybridized carbons (Fsp3) is 0.214. The maximum Gasteiger partial charge on any atom is 0.412 e. The number of benzene rings is 3. The van der Waals surface area contributed by atoms with E-state index in [9.17, 15) is 19.2 Å². The van der Waals surface area contributed by atoms with Crippen LogP contribution in [-0.2, 0) is 19.9 Å². The number of nitrogens with zero attached hydrogens (tertiary/aromatic N) is 1. The standard InChI is InChI=1S/C28H25ClN4O6/c1-38-26(36)30-20-10-7-18(8-11-20)24(34)32-23(17-5-3-2-4-6-17)25(35)33-14-13-28(16-33)21-15-19(29)9-12-22(21)31-27(37)39-28/h2-12,15,23H,13-14,16H2,1H3,(H,30,36)(H,31,37)(H,32,34)/t23-,28?/m0/s1. The number of carbonyl (C=O) groups excluding carboxylic acids is 4. The molecule has 39 heavy (non-hydrogen) atoms. The third-order valence-corrected chi connectivity index (χ3v) is 7.01. The van der Waals surface area contributed by atoms with Crippen LogP contribution in [0.4, 0.5) is 21.0 Å². The molecule has 0 saturated carbocycles. The number of rotatable bonds is 5. The van der Waals surface area contributed by atoms with Crippen molar-refractivity contribution in [2.45, 2.75) is 18.1 Å². The minimum absolute atomic E-state index is 0.111. The van der Waals surface area contributed by atoms with Crippen molar-refractivity contribution in [3.8, 4) is 0 Å². The summed E-state index contributed by atoms with van der Waals surface area (Å²) in [5.74, 6) is -0.810. The number of hydrogen-bond acceptors (Lipinski definition) is 6. The van der Waals surface area contributed by atoms with Crippen molar-refractivity contribution < 1.29 is 28.7 Å². The van der Waals surface area contributed by atoms with Gasteiger partial charge in [-0.2, -0.15) is 0 Å². The number of amides is 4. The molecule has 2 aliphatic rings. The largest absolute Gasteiger partial charge is 0.453 e. The average Bonchev–Trinajstić information content (AvgIpc) is 3.36. The summed E-state index contributed by atoms with van der Waals surface area (Å²) in [7, 11) is 1.25. The molecule has 0 aromatic heterocycles. The van der Waals surface area contributed by atoms with Gasteiger partial charge in [-0.25, -0.2) is 9.59 Å². The number of halogens is 1. The van der Waals surface area contributed by atoms with Gasteiger partial charge in [0.15, 0.2) is 5.60 Å². The SMILES string of the molecule is COC(=O)Nc1ccc(C(=O)N[C@H](C(=O)N2CCC3(C2)OC(=O)Nc2ccc(Cl)cc23)c2ccccc2)cc1. The Bertz CT molecular complexity index is 1430. The Morgan fingerprint density at radius 3 is 2.54 bits per heavy atom. The van der Waals surface area contributed by atoms with Crippen molar-refractivity contribution in [1.29, 1.82) is 0 Å². The average molecular weight is 549 g/mol. The maximum absolute atomic E-state index is 13.9. The van der Waals surface area contributed by atoms with Crippen LogP contribution in [-0.4, -0.2) is 49.1 Å². The molecule has 2 heterocycles. The second kappa shape index (κ2) is 10.7. The number of ether oxygens (including phenoxy) is 2. The molecule has 2 atom stereocenters. The lowest BCUT2D eigenvalue weighted by Gasteiger charge is -2.35. The molecule has 11 heteroatoms. The molecule has 3 N–H and O–H groups in total. The van der Waals surface area contributed by atoms with Crippen LogP contribution in [0.1, 0.15) is 33.9 Å². The molecule has 1 saturated heterocycles. The van der Waals surface area contributed by atoms with Gasteiger partial charge in [-0.15, -0.1) is 0 Å². The van der Waals surface area contributed by atoms with E-state index in [1.165, 1.54) is 19.2 Å². The Labute approximate surface area is 229 Å². The lowest BCUT2D eigenvalue weighted by atomic mass is 9.90. The maximum atomic E-state index is 13.9. The Balaban J connectivity index is 1.38. The first-order valence-corrected chi connectivity index (χ1v) is 12.6. The van der Waals surface area contributed by atoms with Crippen LogP contribution in [0.15, 0.2) is 72.8 Å². The molecule has 5 rings (SSSR count). The van der Waals surface area contributed by atoms with Gasteiger partial charge in [0, 0.05) is 34.8 Å². The number of nitrogens with one attached hydrogen (secondary N) is 3. The van der Waals surface area contributed by atoms with Crippen molar-refractivity contribution in [3.63, 3.8) is 0 Å². The van der Waals surface area contributed by atoms with Crippen LogP contribution >= 0.6 is 11.6 Å². The van der Waals surface area contributed by atoms with Gasteiger partial charge >= 0.3 is 12.2 Å². The zero-order chi connectivity index (χ0) is 27.6. The zero-order valence-corrected chi connectivity index (χ0v) is 21.7. The van der Waals surface area contributed by atoms with Crippen molar-refractivity contribution in [2.75, 3.05) is 30.8 Å². The molecule has 1 spiro atoms. The lowest BCUT2D eigenvalue weighted by molar-refractivity contribution is -0.133. The molecular weight excluding hydrogens is 524 g/mol. The minimum Gasteiger partial charge on any atom is -0.453 e. The van der Waals surface area contributed by atoms with E-state index < -0.39 is 29.7 Å². The van der Waals surface area contributed by atoms with Crippen LogP contribution < -0.4 is 16.0 Å². The normalized spacial score (nSPS) is 18.4. The first-order chi connectivity index (χ1) is 18.8. The number of anilines is 2. The summed E-state index contributed by atoms with van der Waals surface area (Å²) in [4.78, 5) is 52.4. The first-order valence-electron chi connectivity index (χ1n) is 12.2. The molecular formula is C28H25ClN4O6. The zero-order valence-electron chi connectivity index (χ0n) is 20.9. The molecule has 4 amide bonds. The highest BCUT2D eigenvalue weighted by molar-refractivity contribution is 6.30. The molecule has 3 aromatic carbocycles. The van der Waals surface area contributed by atoms with Crippen molar-refractivity contribution in [3.05, 3.63) is 94.5 Å². The minimum atomic E-state index is -1.05. The molecule has 0 bridgehead atoms. The third kappa shape index (κ3) is 5.37. The number of fused-ring (bicyclic) bond motifs is 2. The predicted octanol–water partition coefficient (Wildman–Crippen LogP) is 4.68. The van der Waals surface area contributed by atoms with E-state index in [0.29, 0.717) is 46.1 Å². The van der Waals surface area contributed by atoms with Gasteiger partial charge in [-0.05, 0) is 48.0 Å². The second-order valence-electron chi connectivity index (χ2n) is 9.22. The smallest absolute Gasteiger partial charge is 0.412 e. The van der Waals surface area contributed by atoms with E-state index >= 15 is 0 Å². The molecule has 2 aliphatic heterocycles. The van der Waals surface area contributed by atoms with Crippen LogP contribution in [0.2, 0.25) is 5.02 Å². The van der Waals surface area contributed by atoms with Gasteiger partial charge in [0.2, 0.25) is 5.91 Å². The van der Waals surface area contributed by atoms with Crippen LogP contribution in [0.25, 0.3) is 0 Å². The van der Waals surface area contributed by atoms with E-state index in [-0.39, 0.29) is 12.5 Å². The van der Waals surface area contributed by atoms with Crippen molar-refractivity contribution in [2.24, 2.45) is 0 Å². The van der Waals surface area contributed by atoms with E-state index in [4.69, 9.17) is 16.3 Å². The van der Waals surface area contributed by atoms with E-state index in [0.717, 1.165) is 0 Å². The summed E-state index contributed by atoms with van der Waals surface area (Å²) >= 11 is 6.24. The van der Waals surface area contributed by atoms with Gasteiger partial charge < -0.3 is 19.7 Å². The fourth-order valence-corrected chi connectivity index (χ4v) is 5.02. The van der Waals surface area contributed by atoms with Crippen LogP contribution in [0, 0.1) is 0 Å². The Hall–Kier alpha value is -4.57. The fourth-order valence-electron chi connectivity index (χ4n) is 4.85. The van der Waals surface area contributed by atoms with Crippen LogP contribution in [0.5, 0.6) is 0 Å². The van der Waals surface area contributed by atoms with Gasteiger partial charge in [0.05, 0.1) is 19.3 Å². The van der Waals surface area contributed by atoms with Gasteiger partial charge in [0.1, 0.15) is 6.04 Å². The topological polar surface area (TPSA) is 126 Å². The summed E-state index contributed by atoms with van der Waals surface area (Å²) in [5.41, 5.74) is 1.59. The number of carbonyl (C=O) groups is 4. The molecule has 200 valence electrons. The van der Waals surface area contributed by atoms with Crippen LogP contribution in [0.3, 0.4) is 0 Å². The quantitative estimate of drug-likeness (QED) is 0.425. The van der Waals surface area contributed by atoms with Crippen molar-refractivity contribution >= 4 is 47.0 Å². The highest BCUT2D eigenvalue weighted by atomic mass is 35.5. The van der Waals surface area contributed by atoms with Crippen molar-refractivity contribution in [1.82, 2.24) is 10.2 Å².